The fourth-order valence-corrected chi connectivity index (χ4v) is 4.38. The van der Waals surface area contributed by atoms with Gasteiger partial charge in [-0.3, -0.25) is 14.5 Å². The van der Waals surface area contributed by atoms with Crippen molar-refractivity contribution in [3.8, 4) is 0 Å². The van der Waals surface area contributed by atoms with Crippen LogP contribution < -0.4 is 5.32 Å². The third-order valence-electron chi connectivity index (χ3n) is 5.86. The Morgan fingerprint density at radius 1 is 0.933 bits per heavy atom. The minimum atomic E-state index is -1.21. The Balaban J connectivity index is 1.64. The average molecular weight is 400 g/mol. The summed E-state index contributed by atoms with van der Waals surface area (Å²) in [7, 11) is 0. The summed E-state index contributed by atoms with van der Waals surface area (Å²) in [5, 5.41) is 4.83. The number of benzene rings is 3. The van der Waals surface area contributed by atoms with Crippen LogP contribution in [0, 0.1) is 20.8 Å². The van der Waals surface area contributed by atoms with Gasteiger partial charge in [-0.1, -0.05) is 54.1 Å². The first kappa shape index (κ1) is 19.8. The second-order valence-electron chi connectivity index (χ2n) is 8.21. The van der Waals surface area contributed by atoms with Crippen molar-refractivity contribution in [3.63, 3.8) is 0 Å². The largest absolute Gasteiger partial charge is 0.325 e. The van der Waals surface area contributed by atoms with Crippen molar-refractivity contribution < 1.29 is 14.4 Å². The van der Waals surface area contributed by atoms with E-state index in [9.17, 15) is 14.4 Å². The van der Waals surface area contributed by atoms with Gasteiger partial charge < -0.3 is 5.32 Å². The molecule has 3 amide bonds. The number of nitrogens with one attached hydrogen (secondary N) is 1. The van der Waals surface area contributed by atoms with E-state index in [1.807, 2.05) is 75.4 Å². The second kappa shape index (κ2) is 7.10. The van der Waals surface area contributed by atoms with Gasteiger partial charge in [-0.15, -0.1) is 0 Å². The molecule has 1 saturated heterocycles. The summed E-state index contributed by atoms with van der Waals surface area (Å²) in [6, 6.07) is 16.9. The van der Waals surface area contributed by atoms with E-state index in [1.54, 1.807) is 6.92 Å². The van der Waals surface area contributed by atoms with Crippen LogP contribution in [0.3, 0.4) is 0 Å². The van der Waals surface area contributed by atoms with Gasteiger partial charge in [0.15, 0.2) is 5.78 Å². The average Bonchev–Trinajstić information content (AvgIpc) is 2.91. The fourth-order valence-electron chi connectivity index (χ4n) is 4.38. The van der Waals surface area contributed by atoms with Gasteiger partial charge in [-0.25, -0.2) is 4.79 Å². The lowest BCUT2D eigenvalue weighted by atomic mass is 9.90. The molecule has 0 aromatic heterocycles. The highest BCUT2D eigenvalue weighted by molar-refractivity contribution is 6.12. The zero-order chi connectivity index (χ0) is 21.6. The molecule has 0 saturated carbocycles. The predicted octanol–water partition coefficient (Wildman–Crippen LogP) is 4.41. The van der Waals surface area contributed by atoms with Crippen LogP contribution in [-0.2, 0) is 10.3 Å². The van der Waals surface area contributed by atoms with Gasteiger partial charge in [-0.2, -0.15) is 0 Å². The fraction of sp³-hybridized carbons (Fsp3) is 0.240. The van der Waals surface area contributed by atoms with Gasteiger partial charge in [0.2, 0.25) is 0 Å². The van der Waals surface area contributed by atoms with Gasteiger partial charge in [0.1, 0.15) is 5.54 Å². The summed E-state index contributed by atoms with van der Waals surface area (Å²) in [6.45, 7) is 7.13. The number of imide groups is 1. The van der Waals surface area contributed by atoms with Crippen molar-refractivity contribution in [1.82, 2.24) is 10.2 Å². The highest BCUT2D eigenvalue weighted by Crippen LogP contribution is 2.31. The summed E-state index contributed by atoms with van der Waals surface area (Å²) >= 11 is 0. The van der Waals surface area contributed by atoms with E-state index < -0.39 is 17.5 Å². The van der Waals surface area contributed by atoms with Crippen LogP contribution in [0.5, 0.6) is 0 Å². The Labute approximate surface area is 175 Å². The lowest BCUT2D eigenvalue weighted by molar-refractivity contribution is -0.130. The smallest absolute Gasteiger partial charge is 0.319 e. The first-order chi connectivity index (χ1) is 14.2. The Hall–Kier alpha value is -3.47. The van der Waals surface area contributed by atoms with Crippen LogP contribution in [0.2, 0.25) is 0 Å². The summed E-state index contributed by atoms with van der Waals surface area (Å²) in [5.74, 6) is -0.658. The van der Waals surface area contributed by atoms with Gasteiger partial charge in [-0.05, 0) is 61.2 Å². The SMILES string of the molecule is Cc1cc(C)c(C(=O)CN2C(=O)NC(C)(c3ccc4ccccc4c3)C2=O)c(C)c1. The third-order valence-corrected chi connectivity index (χ3v) is 5.86. The van der Waals surface area contributed by atoms with Crippen LogP contribution in [0.25, 0.3) is 10.8 Å². The molecule has 5 nitrogen and oxygen atoms in total. The molecule has 152 valence electrons. The standard InChI is InChI=1S/C25H24N2O3/c1-15-11-16(2)22(17(3)12-15)21(28)14-27-23(29)25(4,26-24(27)30)20-10-9-18-7-5-6-8-19(18)13-20/h5-13H,14H2,1-4H3,(H,26,30). The monoisotopic (exact) mass is 400 g/mol. The molecule has 1 aliphatic heterocycles. The first-order valence-electron chi connectivity index (χ1n) is 9.95. The minimum Gasteiger partial charge on any atom is -0.319 e. The van der Waals surface area contributed by atoms with Crippen LogP contribution in [-0.4, -0.2) is 29.2 Å². The number of amides is 3. The maximum Gasteiger partial charge on any atom is 0.325 e. The van der Waals surface area contributed by atoms with Crippen LogP contribution >= 0.6 is 0 Å². The third kappa shape index (κ3) is 3.16. The maximum atomic E-state index is 13.3. The zero-order valence-electron chi connectivity index (χ0n) is 17.6. The predicted molar refractivity (Wildman–Crippen MR) is 117 cm³/mol. The Morgan fingerprint density at radius 2 is 1.57 bits per heavy atom. The van der Waals surface area contributed by atoms with Gasteiger partial charge in [0.05, 0.1) is 6.54 Å². The number of ketones is 1. The molecule has 1 unspecified atom stereocenters. The first-order valence-corrected chi connectivity index (χ1v) is 9.95. The van der Waals surface area contributed by atoms with E-state index in [-0.39, 0.29) is 12.3 Å². The van der Waals surface area contributed by atoms with Crippen molar-refractivity contribution >= 4 is 28.5 Å². The molecular weight excluding hydrogens is 376 g/mol. The quantitative estimate of drug-likeness (QED) is 0.521. The van der Waals surface area contributed by atoms with E-state index in [0.29, 0.717) is 11.1 Å². The zero-order valence-corrected chi connectivity index (χ0v) is 17.6. The summed E-state index contributed by atoms with van der Waals surface area (Å²) in [4.78, 5) is 39.9. The topological polar surface area (TPSA) is 66.5 Å². The van der Waals surface area contributed by atoms with Crippen molar-refractivity contribution in [3.05, 3.63) is 82.4 Å². The highest BCUT2D eigenvalue weighted by Gasteiger charge is 2.49. The number of nitrogens with zero attached hydrogens (tertiary/aromatic N) is 1. The van der Waals surface area contributed by atoms with Gasteiger partial charge in [0, 0.05) is 5.56 Å². The maximum absolute atomic E-state index is 13.3. The van der Waals surface area contributed by atoms with E-state index in [4.69, 9.17) is 0 Å². The number of rotatable bonds is 4. The normalized spacial score (nSPS) is 18.7. The van der Waals surface area contributed by atoms with E-state index in [1.165, 1.54) is 0 Å². The molecule has 3 aromatic carbocycles. The molecular formula is C25H24N2O3. The highest BCUT2D eigenvalue weighted by atomic mass is 16.2. The van der Waals surface area contributed by atoms with Gasteiger partial charge >= 0.3 is 6.03 Å². The number of hydrogen-bond acceptors (Lipinski definition) is 3. The van der Waals surface area contributed by atoms with Crippen LogP contribution in [0.1, 0.15) is 39.5 Å². The number of urea groups is 1. The van der Waals surface area contributed by atoms with E-state index >= 15 is 0 Å². The molecule has 1 fully saturated rings. The Morgan fingerprint density at radius 3 is 2.23 bits per heavy atom. The molecule has 4 rings (SSSR count). The van der Waals surface area contributed by atoms with Crippen molar-refractivity contribution in [2.75, 3.05) is 6.54 Å². The minimum absolute atomic E-state index is 0.240. The Bertz CT molecular complexity index is 1190. The van der Waals surface area contributed by atoms with Crippen LogP contribution in [0.15, 0.2) is 54.6 Å². The molecule has 0 spiro atoms. The molecule has 5 heteroatoms. The summed E-state index contributed by atoms with van der Waals surface area (Å²) < 4.78 is 0. The van der Waals surface area contributed by atoms with Crippen molar-refractivity contribution in [2.45, 2.75) is 33.2 Å². The van der Waals surface area contributed by atoms with Crippen molar-refractivity contribution in [1.29, 1.82) is 0 Å². The number of aryl methyl sites for hydroxylation is 3. The van der Waals surface area contributed by atoms with E-state index in [0.717, 1.165) is 32.4 Å². The molecule has 1 atom stereocenters. The molecule has 3 aromatic rings. The molecule has 1 heterocycles. The molecule has 1 N–H and O–H groups in total. The molecule has 0 aliphatic carbocycles. The molecule has 0 radical (unpaired) electrons. The number of carbonyl (C=O) groups excluding carboxylic acids is 3. The van der Waals surface area contributed by atoms with Gasteiger partial charge in [0.25, 0.3) is 5.91 Å². The molecule has 1 aliphatic rings. The van der Waals surface area contributed by atoms with Crippen molar-refractivity contribution in [2.24, 2.45) is 0 Å². The molecule has 30 heavy (non-hydrogen) atoms. The summed E-state index contributed by atoms with van der Waals surface area (Å²) in [6.07, 6.45) is 0. The number of hydrogen-bond donors (Lipinski definition) is 1. The number of carbonyl (C=O) groups is 3. The lowest BCUT2D eigenvalue weighted by Crippen LogP contribution is -2.41. The number of Topliss-reactive ketones (excluding diaryl/α,β-unsaturated/α-hetero) is 1. The lowest BCUT2D eigenvalue weighted by Gasteiger charge is -2.23. The Kier molecular flexibility index (Phi) is 4.69. The summed E-state index contributed by atoms with van der Waals surface area (Å²) in [5.41, 5.74) is 2.82. The van der Waals surface area contributed by atoms with Crippen LogP contribution in [0.4, 0.5) is 4.79 Å². The molecule has 0 bridgehead atoms. The van der Waals surface area contributed by atoms with E-state index in [2.05, 4.69) is 5.32 Å². The number of fused-ring (bicyclic) bond motifs is 1. The second-order valence-corrected chi connectivity index (χ2v) is 8.21.